The molecular weight excluding hydrogens is 316 g/mol. The minimum Gasteiger partial charge on any atom is -0.339 e. The van der Waals surface area contributed by atoms with E-state index in [9.17, 15) is 4.79 Å². The summed E-state index contributed by atoms with van der Waals surface area (Å²) in [5, 5.41) is 0. The smallest absolute Gasteiger partial charge is 0.253 e. The molecule has 0 N–H and O–H groups in total. The first-order valence-electron chi connectivity index (χ1n) is 7.53. The fourth-order valence-corrected chi connectivity index (χ4v) is 3.74. The molecule has 2 saturated heterocycles. The highest BCUT2D eigenvalue weighted by Crippen LogP contribution is 2.22. The average molecular weight is 337 g/mol. The number of likely N-dealkylation sites (tertiary alicyclic amines) is 2. The summed E-state index contributed by atoms with van der Waals surface area (Å²) in [6.45, 7) is 4.30. The van der Waals surface area contributed by atoms with E-state index in [-0.39, 0.29) is 5.91 Å². The molecule has 3 rings (SSSR count). The van der Waals surface area contributed by atoms with Gasteiger partial charge in [-0.15, -0.1) is 0 Å². The number of benzene rings is 1. The Morgan fingerprint density at radius 2 is 1.80 bits per heavy atom. The van der Waals surface area contributed by atoms with Gasteiger partial charge in [-0.3, -0.25) is 4.79 Å². The number of nitrogens with zero attached hydrogens (tertiary/aromatic N) is 2. The van der Waals surface area contributed by atoms with E-state index in [1.54, 1.807) is 0 Å². The molecular formula is C16H21BrN2O. The van der Waals surface area contributed by atoms with Crippen LogP contribution in [0, 0.1) is 0 Å². The maximum Gasteiger partial charge on any atom is 0.253 e. The standard InChI is InChI=1S/C16H21BrN2O/c17-14-5-3-4-13(12-14)16(20)19-10-6-15(7-11-19)18-8-1-2-9-18/h3-5,12,15H,1-2,6-11H2. The Kier molecular flexibility index (Phi) is 4.41. The van der Waals surface area contributed by atoms with Crippen LogP contribution in [0.1, 0.15) is 36.0 Å². The van der Waals surface area contributed by atoms with Crippen molar-refractivity contribution in [1.82, 2.24) is 9.80 Å². The van der Waals surface area contributed by atoms with Crippen LogP contribution in [0.2, 0.25) is 0 Å². The molecule has 0 unspecified atom stereocenters. The number of hydrogen-bond acceptors (Lipinski definition) is 2. The zero-order chi connectivity index (χ0) is 13.9. The third-order valence-corrected chi connectivity index (χ3v) is 4.97. The van der Waals surface area contributed by atoms with Crippen LogP contribution in [0.3, 0.4) is 0 Å². The number of piperidine rings is 1. The molecule has 0 atom stereocenters. The van der Waals surface area contributed by atoms with Crippen molar-refractivity contribution in [2.75, 3.05) is 26.2 Å². The van der Waals surface area contributed by atoms with E-state index in [1.165, 1.54) is 25.9 Å². The highest BCUT2D eigenvalue weighted by Gasteiger charge is 2.28. The molecule has 0 saturated carbocycles. The Morgan fingerprint density at radius 1 is 1.10 bits per heavy atom. The lowest BCUT2D eigenvalue weighted by molar-refractivity contribution is 0.0644. The Balaban J connectivity index is 1.58. The third-order valence-electron chi connectivity index (χ3n) is 4.48. The lowest BCUT2D eigenvalue weighted by Gasteiger charge is -2.36. The van der Waals surface area contributed by atoms with E-state index in [0.29, 0.717) is 6.04 Å². The maximum absolute atomic E-state index is 12.5. The summed E-state index contributed by atoms with van der Waals surface area (Å²) in [7, 11) is 0. The first-order valence-corrected chi connectivity index (χ1v) is 8.32. The molecule has 2 fully saturated rings. The summed E-state index contributed by atoms with van der Waals surface area (Å²) in [5.41, 5.74) is 0.791. The number of amides is 1. The molecule has 0 spiro atoms. The Labute approximate surface area is 129 Å². The molecule has 3 nitrogen and oxygen atoms in total. The number of hydrogen-bond donors (Lipinski definition) is 0. The van der Waals surface area contributed by atoms with Crippen LogP contribution in [-0.4, -0.2) is 47.9 Å². The van der Waals surface area contributed by atoms with Crippen LogP contribution in [0.4, 0.5) is 0 Å². The monoisotopic (exact) mass is 336 g/mol. The molecule has 1 amide bonds. The van der Waals surface area contributed by atoms with E-state index in [0.717, 1.165) is 36.0 Å². The molecule has 1 aromatic carbocycles. The summed E-state index contributed by atoms with van der Waals surface area (Å²) in [6.07, 6.45) is 4.94. The number of carbonyl (C=O) groups excluding carboxylic acids is 1. The number of carbonyl (C=O) groups is 1. The van der Waals surface area contributed by atoms with E-state index < -0.39 is 0 Å². The van der Waals surface area contributed by atoms with Gasteiger partial charge in [0.2, 0.25) is 0 Å². The molecule has 108 valence electrons. The quantitative estimate of drug-likeness (QED) is 0.828. The molecule has 0 aliphatic carbocycles. The summed E-state index contributed by atoms with van der Waals surface area (Å²) in [6, 6.07) is 8.39. The van der Waals surface area contributed by atoms with E-state index in [4.69, 9.17) is 0 Å². The predicted molar refractivity (Wildman–Crippen MR) is 83.9 cm³/mol. The van der Waals surface area contributed by atoms with Gasteiger partial charge in [0.1, 0.15) is 0 Å². The molecule has 2 aliphatic rings. The van der Waals surface area contributed by atoms with Crippen molar-refractivity contribution in [1.29, 1.82) is 0 Å². The van der Waals surface area contributed by atoms with Gasteiger partial charge >= 0.3 is 0 Å². The largest absolute Gasteiger partial charge is 0.339 e. The molecule has 0 radical (unpaired) electrons. The fourth-order valence-electron chi connectivity index (χ4n) is 3.34. The van der Waals surface area contributed by atoms with Crippen LogP contribution >= 0.6 is 15.9 Å². The molecule has 2 heterocycles. The van der Waals surface area contributed by atoms with Crippen LogP contribution in [-0.2, 0) is 0 Å². The van der Waals surface area contributed by atoms with Gasteiger partial charge in [-0.25, -0.2) is 0 Å². The van der Waals surface area contributed by atoms with Crippen molar-refractivity contribution < 1.29 is 4.79 Å². The Bertz CT molecular complexity index is 477. The lowest BCUT2D eigenvalue weighted by Crippen LogP contribution is -2.45. The molecule has 20 heavy (non-hydrogen) atoms. The number of rotatable bonds is 2. The van der Waals surface area contributed by atoms with Crippen molar-refractivity contribution in [3.8, 4) is 0 Å². The van der Waals surface area contributed by atoms with Gasteiger partial charge in [0.15, 0.2) is 0 Å². The predicted octanol–water partition coefficient (Wildman–Crippen LogP) is 3.15. The SMILES string of the molecule is O=C(c1cccc(Br)c1)N1CCC(N2CCCC2)CC1. The summed E-state index contributed by atoms with van der Waals surface area (Å²) in [4.78, 5) is 17.1. The van der Waals surface area contributed by atoms with Gasteiger partial charge in [0.05, 0.1) is 0 Å². The first kappa shape index (κ1) is 14.1. The first-order chi connectivity index (χ1) is 9.74. The Hall–Kier alpha value is -0.870. The van der Waals surface area contributed by atoms with Crippen molar-refractivity contribution in [3.63, 3.8) is 0 Å². The summed E-state index contributed by atoms with van der Waals surface area (Å²) < 4.78 is 0.968. The maximum atomic E-state index is 12.5. The van der Waals surface area contributed by atoms with Gasteiger partial charge < -0.3 is 9.80 Å². The van der Waals surface area contributed by atoms with Gasteiger partial charge in [-0.05, 0) is 57.0 Å². The normalized spacial score (nSPS) is 21.4. The molecule has 0 bridgehead atoms. The van der Waals surface area contributed by atoms with Crippen molar-refractivity contribution in [2.45, 2.75) is 31.7 Å². The summed E-state index contributed by atoms with van der Waals surface area (Å²) >= 11 is 3.43. The second kappa shape index (κ2) is 6.27. The van der Waals surface area contributed by atoms with Gasteiger partial charge in [0, 0.05) is 29.2 Å². The highest BCUT2D eigenvalue weighted by molar-refractivity contribution is 9.10. The topological polar surface area (TPSA) is 23.6 Å². The van der Waals surface area contributed by atoms with Crippen LogP contribution < -0.4 is 0 Å². The molecule has 0 aromatic heterocycles. The molecule has 1 aromatic rings. The molecule has 4 heteroatoms. The number of halogens is 1. The van der Waals surface area contributed by atoms with E-state index in [1.807, 2.05) is 29.2 Å². The van der Waals surface area contributed by atoms with Crippen LogP contribution in [0.5, 0.6) is 0 Å². The highest BCUT2D eigenvalue weighted by atomic mass is 79.9. The van der Waals surface area contributed by atoms with Gasteiger partial charge in [0.25, 0.3) is 5.91 Å². The zero-order valence-corrected chi connectivity index (χ0v) is 13.3. The van der Waals surface area contributed by atoms with E-state index in [2.05, 4.69) is 20.8 Å². The van der Waals surface area contributed by atoms with Crippen LogP contribution in [0.25, 0.3) is 0 Å². The van der Waals surface area contributed by atoms with Crippen molar-refractivity contribution in [3.05, 3.63) is 34.3 Å². The van der Waals surface area contributed by atoms with Crippen molar-refractivity contribution >= 4 is 21.8 Å². The van der Waals surface area contributed by atoms with Crippen molar-refractivity contribution in [2.24, 2.45) is 0 Å². The second-order valence-electron chi connectivity index (χ2n) is 5.78. The summed E-state index contributed by atoms with van der Waals surface area (Å²) in [5.74, 6) is 0.172. The minimum absolute atomic E-state index is 0.172. The lowest BCUT2D eigenvalue weighted by atomic mass is 10.0. The Morgan fingerprint density at radius 3 is 2.45 bits per heavy atom. The third kappa shape index (κ3) is 3.07. The van der Waals surface area contributed by atoms with Crippen LogP contribution in [0.15, 0.2) is 28.7 Å². The minimum atomic E-state index is 0.172. The average Bonchev–Trinajstić information content (AvgIpc) is 3.01. The van der Waals surface area contributed by atoms with Gasteiger partial charge in [-0.1, -0.05) is 22.0 Å². The molecule has 2 aliphatic heterocycles. The van der Waals surface area contributed by atoms with Gasteiger partial charge in [-0.2, -0.15) is 0 Å². The second-order valence-corrected chi connectivity index (χ2v) is 6.69. The fraction of sp³-hybridized carbons (Fsp3) is 0.562. The zero-order valence-electron chi connectivity index (χ0n) is 11.7. The van der Waals surface area contributed by atoms with E-state index >= 15 is 0 Å².